The summed E-state index contributed by atoms with van der Waals surface area (Å²) in [5, 5.41) is 26.5. The van der Waals surface area contributed by atoms with E-state index in [1.807, 2.05) is 0 Å². The molecule has 0 bridgehead atoms. The van der Waals surface area contributed by atoms with Crippen molar-refractivity contribution < 1.29 is 29.7 Å². The summed E-state index contributed by atoms with van der Waals surface area (Å²) >= 11 is 0. The molecule has 1 aromatic rings. The summed E-state index contributed by atoms with van der Waals surface area (Å²) in [5.41, 5.74) is 6.04. The van der Waals surface area contributed by atoms with Crippen molar-refractivity contribution in [2.24, 2.45) is 11.7 Å². The zero-order chi connectivity index (χ0) is 15.3. The highest BCUT2D eigenvalue weighted by Crippen LogP contribution is 2.15. The number of aromatic carboxylic acids is 1. The highest BCUT2D eigenvalue weighted by atomic mass is 16.4. The van der Waals surface area contributed by atoms with E-state index < -0.39 is 29.9 Å². The molecule has 0 aliphatic heterocycles. The molecule has 0 radical (unpaired) electrons. The van der Waals surface area contributed by atoms with Crippen molar-refractivity contribution in [1.29, 1.82) is 0 Å². The van der Waals surface area contributed by atoms with Gasteiger partial charge in [-0.25, -0.2) is 4.79 Å². The van der Waals surface area contributed by atoms with Crippen LogP contribution in [-0.2, 0) is 16.0 Å². The fourth-order valence-corrected chi connectivity index (χ4v) is 1.75. The molecule has 108 valence electrons. The van der Waals surface area contributed by atoms with Gasteiger partial charge in [0.25, 0.3) is 0 Å². The van der Waals surface area contributed by atoms with Crippen LogP contribution in [0.15, 0.2) is 24.3 Å². The molecule has 0 aliphatic rings. The van der Waals surface area contributed by atoms with Crippen molar-refractivity contribution >= 4 is 17.9 Å². The lowest BCUT2D eigenvalue weighted by Gasteiger charge is -2.15. The molecule has 2 atom stereocenters. The first-order valence-electron chi connectivity index (χ1n) is 5.84. The zero-order valence-corrected chi connectivity index (χ0v) is 10.5. The lowest BCUT2D eigenvalue weighted by molar-refractivity contribution is -0.143. The fraction of sp³-hybridized carbons (Fsp3) is 0.308. The topological polar surface area (TPSA) is 138 Å². The Morgan fingerprint density at radius 2 is 1.55 bits per heavy atom. The predicted octanol–water partition coefficient (Wildman–Crippen LogP) is 0.430. The van der Waals surface area contributed by atoms with Crippen molar-refractivity contribution in [1.82, 2.24) is 0 Å². The van der Waals surface area contributed by atoms with E-state index in [-0.39, 0.29) is 18.4 Å². The van der Waals surface area contributed by atoms with Gasteiger partial charge in [-0.15, -0.1) is 0 Å². The van der Waals surface area contributed by atoms with Crippen LogP contribution in [-0.4, -0.2) is 39.3 Å². The average Bonchev–Trinajstić information content (AvgIpc) is 2.38. The summed E-state index contributed by atoms with van der Waals surface area (Å²) in [6, 6.07) is 4.51. The molecule has 0 aromatic heterocycles. The monoisotopic (exact) mass is 281 g/mol. The van der Waals surface area contributed by atoms with Crippen LogP contribution in [0.3, 0.4) is 0 Å². The zero-order valence-electron chi connectivity index (χ0n) is 10.5. The van der Waals surface area contributed by atoms with E-state index in [0.29, 0.717) is 5.56 Å². The largest absolute Gasteiger partial charge is 0.481 e. The van der Waals surface area contributed by atoms with Crippen molar-refractivity contribution in [2.45, 2.75) is 18.9 Å². The van der Waals surface area contributed by atoms with Crippen molar-refractivity contribution in [2.75, 3.05) is 0 Å². The van der Waals surface area contributed by atoms with Gasteiger partial charge in [0.1, 0.15) is 6.04 Å². The molecule has 0 saturated carbocycles. The Morgan fingerprint density at radius 3 is 1.95 bits per heavy atom. The minimum Gasteiger partial charge on any atom is -0.481 e. The Morgan fingerprint density at radius 1 is 1.00 bits per heavy atom. The van der Waals surface area contributed by atoms with Gasteiger partial charge in [-0.3, -0.25) is 9.59 Å². The van der Waals surface area contributed by atoms with Crippen molar-refractivity contribution in [3.8, 4) is 0 Å². The molecule has 20 heavy (non-hydrogen) atoms. The molecular formula is C13H15NO6. The van der Waals surface area contributed by atoms with Crippen LogP contribution in [0, 0.1) is 5.92 Å². The number of benzene rings is 1. The Balaban J connectivity index is 2.77. The van der Waals surface area contributed by atoms with Gasteiger partial charge in [-0.05, 0) is 30.5 Å². The first-order chi connectivity index (χ1) is 9.31. The number of carboxylic acids is 3. The number of nitrogens with two attached hydrogens (primary N) is 1. The molecule has 0 saturated heterocycles. The van der Waals surface area contributed by atoms with Gasteiger partial charge >= 0.3 is 17.9 Å². The van der Waals surface area contributed by atoms with Crippen LogP contribution in [0.2, 0.25) is 0 Å². The highest BCUT2D eigenvalue weighted by molar-refractivity contribution is 5.87. The van der Waals surface area contributed by atoms with Crippen LogP contribution in [0.1, 0.15) is 22.3 Å². The number of aliphatic carboxylic acids is 2. The number of carbonyl (C=O) groups is 3. The van der Waals surface area contributed by atoms with Gasteiger partial charge in [0.05, 0.1) is 11.5 Å². The standard InChI is InChI=1S/C13H15NO6/c14-10(13(19)20)6-9(12(17)18)5-7-1-3-8(4-2-7)11(15)16/h1-4,9-10H,5-6,14H2,(H,15,16)(H,17,18)(H,19,20)/t9?,10-/m0/s1. The molecule has 1 aromatic carbocycles. The SMILES string of the molecule is N[C@@H](CC(Cc1ccc(C(=O)O)cc1)C(=O)O)C(=O)O. The van der Waals surface area contributed by atoms with E-state index in [9.17, 15) is 14.4 Å². The minimum absolute atomic E-state index is 0.0935. The first-order valence-corrected chi connectivity index (χ1v) is 5.84. The Bertz CT molecular complexity index is 510. The minimum atomic E-state index is -1.25. The number of rotatable bonds is 7. The second kappa shape index (κ2) is 6.67. The Hall–Kier alpha value is -2.41. The van der Waals surface area contributed by atoms with Gasteiger partial charge < -0.3 is 21.1 Å². The Labute approximate surface area is 114 Å². The first kappa shape index (κ1) is 15.6. The molecule has 0 spiro atoms. The maximum atomic E-state index is 11.1. The molecular weight excluding hydrogens is 266 g/mol. The summed E-state index contributed by atoms with van der Waals surface area (Å²) in [7, 11) is 0. The molecule has 0 aliphatic carbocycles. The number of hydrogen-bond acceptors (Lipinski definition) is 4. The van der Waals surface area contributed by atoms with Crippen LogP contribution >= 0.6 is 0 Å². The van der Waals surface area contributed by atoms with Crippen molar-refractivity contribution in [3.05, 3.63) is 35.4 Å². The average molecular weight is 281 g/mol. The third-order valence-corrected chi connectivity index (χ3v) is 2.89. The van der Waals surface area contributed by atoms with Crippen molar-refractivity contribution in [3.63, 3.8) is 0 Å². The van der Waals surface area contributed by atoms with E-state index >= 15 is 0 Å². The summed E-state index contributed by atoms with van der Waals surface area (Å²) in [6.07, 6.45) is -0.0957. The summed E-state index contributed by atoms with van der Waals surface area (Å²) in [6.45, 7) is 0. The van der Waals surface area contributed by atoms with E-state index in [4.69, 9.17) is 21.1 Å². The number of carboxylic acid groups (broad SMARTS) is 3. The second-order valence-electron chi connectivity index (χ2n) is 4.42. The molecule has 1 rings (SSSR count). The second-order valence-corrected chi connectivity index (χ2v) is 4.42. The van der Waals surface area contributed by atoms with Gasteiger partial charge in [-0.1, -0.05) is 12.1 Å². The third-order valence-electron chi connectivity index (χ3n) is 2.89. The molecule has 5 N–H and O–H groups in total. The molecule has 0 fully saturated rings. The molecule has 7 nitrogen and oxygen atoms in total. The number of hydrogen-bond donors (Lipinski definition) is 4. The fourth-order valence-electron chi connectivity index (χ4n) is 1.75. The quantitative estimate of drug-likeness (QED) is 0.568. The van der Waals surface area contributed by atoms with Gasteiger partial charge in [-0.2, -0.15) is 0 Å². The molecule has 0 amide bonds. The van der Waals surface area contributed by atoms with Crippen LogP contribution in [0.25, 0.3) is 0 Å². The van der Waals surface area contributed by atoms with Gasteiger partial charge in [0, 0.05) is 0 Å². The van der Waals surface area contributed by atoms with E-state index in [2.05, 4.69) is 0 Å². The summed E-state index contributed by atoms with van der Waals surface area (Å²) in [4.78, 5) is 32.4. The summed E-state index contributed by atoms with van der Waals surface area (Å²) in [5.74, 6) is -4.39. The predicted molar refractivity (Wildman–Crippen MR) is 68.5 cm³/mol. The lowest BCUT2D eigenvalue weighted by Crippen LogP contribution is -2.35. The van der Waals surface area contributed by atoms with E-state index in [1.165, 1.54) is 24.3 Å². The molecule has 1 unspecified atom stereocenters. The van der Waals surface area contributed by atoms with Crippen LogP contribution in [0.5, 0.6) is 0 Å². The van der Waals surface area contributed by atoms with E-state index in [1.54, 1.807) is 0 Å². The smallest absolute Gasteiger partial charge is 0.335 e. The Kier molecular flexibility index (Phi) is 5.22. The molecule has 0 heterocycles. The highest BCUT2D eigenvalue weighted by Gasteiger charge is 2.24. The van der Waals surface area contributed by atoms with Gasteiger partial charge in [0.2, 0.25) is 0 Å². The summed E-state index contributed by atoms with van der Waals surface area (Å²) < 4.78 is 0. The lowest BCUT2D eigenvalue weighted by atomic mass is 9.92. The van der Waals surface area contributed by atoms with E-state index in [0.717, 1.165) is 0 Å². The van der Waals surface area contributed by atoms with Crippen LogP contribution < -0.4 is 5.73 Å². The molecule has 7 heteroatoms. The van der Waals surface area contributed by atoms with Crippen LogP contribution in [0.4, 0.5) is 0 Å². The normalized spacial score (nSPS) is 13.4. The maximum Gasteiger partial charge on any atom is 0.335 e. The van der Waals surface area contributed by atoms with Gasteiger partial charge in [0.15, 0.2) is 0 Å². The maximum absolute atomic E-state index is 11.1. The third kappa shape index (κ3) is 4.36.